The van der Waals surface area contributed by atoms with Gasteiger partial charge in [0.05, 0.1) is 6.61 Å². The number of nitrogens with one attached hydrogen (secondary N) is 1. The molecule has 96 valence electrons. The van der Waals surface area contributed by atoms with Gasteiger partial charge in [0, 0.05) is 28.7 Å². The van der Waals surface area contributed by atoms with Crippen molar-refractivity contribution in [3.05, 3.63) is 42.2 Å². The van der Waals surface area contributed by atoms with E-state index in [1.165, 1.54) is 0 Å². The molecule has 0 aliphatic heterocycles. The van der Waals surface area contributed by atoms with Gasteiger partial charge in [-0.15, -0.1) is 0 Å². The van der Waals surface area contributed by atoms with Crippen molar-refractivity contribution in [3.63, 3.8) is 0 Å². The Bertz CT molecular complexity index is 727. The number of H-pyrrole nitrogens is 1. The lowest BCUT2D eigenvalue weighted by Gasteiger charge is -1.94. The predicted molar refractivity (Wildman–Crippen MR) is 69.8 cm³/mol. The summed E-state index contributed by atoms with van der Waals surface area (Å²) in [6.45, 7) is 2.06. The van der Waals surface area contributed by atoms with E-state index >= 15 is 0 Å². The van der Waals surface area contributed by atoms with Crippen LogP contribution >= 0.6 is 0 Å². The molecule has 3 rings (SSSR count). The topological polar surface area (TPSA) is 68.1 Å². The Morgan fingerprint density at radius 1 is 1.42 bits per heavy atom. The fourth-order valence-corrected chi connectivity index (χ4v) is 1.98. The minimum Gasteiger partial charge on any atom is -0.461 e. The van der Waals surface area contributed by atoms with Crippen LogP contribution in [0.5, 0.6) is 0 Å². The number of aromatic amines is 1. The Hall–Kier alpha value is -2.56. The molecule has 5 nitrogen and oxygen atoms in total. The van der Waals surface area contributed by atoms with Crippen LogP contribution in [0.25, 0.3) is 22.2 Å². The number of aromatic nitrogens is 2. The third-order valence-corrected chi connectivity index (χ3v) is 2.85. The molecule has 0 saturated heterocycles. The number of carbonyl (C=O) groups is 1. The fourth-order valence-electron chi connectivity index (χ4n) is 1.98. The lowest BCUT2D eigenvalue weighted by Crippen LogP contribution is -2.04. The highest BCUT2D eigenvalue weighted by molar-refractivity contribution is 5.95. The fraction of sp³-hybridized carbons (Fsp3) is 0.143. The summed E-state index contributed by atoms with van der Waals surface area (Å²) < 4.78 is 10.1. The number of fused-ring (bicyclic) bond motifs is 1. The lowest BCUT2D eigenvalue weighted by molar-refractivity contribution is 0.0514. The first-order valence-corrected chi connectivity index (χ1v) is 6.00. The maximum atomic E-state index is 11.5. The van der Waals surface area contributed by atoms with Crippen LogP contribution in [0.1, 0.15) is 17.4 Å². The Balaban J connectivity index is 2.01. The molecular formula is C14H12N2O3. The van der Waals surface area contributed by atoms with Crippen molar-refractivity contribution in [1.82, 2.24) is 10.1 Å². The quantitative estimate of drug-likeness (QED) is 0.731. The molecule has 3 aromatic rings. The Morgan fingerprint density at radius 2 is 2.26 bits per heavy atom. The van der Waals surface area contributed by atoms with E-state index in [-0.39, 0.29) is 5.69 Å². The van der Waals surface area contributed by atoms with Crippen LogP contribution < -0.4 is 0 Å². The highest BCUT2D eigenvalue weighted by Crippen LogP contribution is 2.28. The van der Waals surface area contributed by atoms with Crippen LogP contribution in [-0.4, -0.2) is 22.7 Å². The molecule has 1 N–H and O–H groups in total. The van der Waals surface area contributed by atoms with Crippen molar-refractivity contribution in [2.45, 2.75) is 6.92 Å². The Morgan fingerprint density at radius 3 is 3.11 bits per heavy atom. The summed E-state index contributed by atoms with van der Waals surface area (Å²) in [5, 5.41) is 4.76. The van der Waals surface area contributed by atoms with Crippen molar-refractivity contribution >= 4 is 16.9 Å². The number of ether oxygens (including phenoxy) is 1. The molecule has 0 unspecified atom stereocenters. The first kappa shape index (κ1) is 11.5. The van der Waals surface area contributed by atoms with E-state index in [9.17, 15) is 4.79 Å². The van der Waals surface area contributed by atoms with Gasteiger partial charge in [0.1, 0.15) is 0 Å². The SMILES string of the molecule is CCOC(=O)c1cc(-c2c[nH]c3ccccc23)on1. The van der Waals surface area contributed by atoms with Crippen molar-refractivity contribution in [3.8, 4) is 11.3 Å². The maximum absolute atomic E-state index is 11.5. The number of carbonyl (C=O) groups excluding carboxylic acids is 1. The van der Waals surface area contributed by atoms with Gasteiger partial charge < -0.3 is 14.2 Å². The Kier molecular flexibility index (Phi) is 2.79. The minimum absolute atomic E-state index is 0.183. The monoisotopic (exact) mass is 256 g/mol. The largest absolute Gasteiger partial charge is 0.461 e. The molecule has 0 bridgehead atoms. The number of nitrogens with zero attached hydrogens (tertiary/aromatic N) is 1. The molecule has 0 saturated carbocycles. The number of rotatable bonds is 3. The van der Waals surface area contributed by atoms with Crippen LogP contribution in [-0.2, 0) is 4.74 Å². The number of hydrogen-bond donors (Lipinski definition) is 1. The number of para-hydroxylation sites is 1. The van der Waals surface area contributed by atoms with E-state index in [1.54, 1.807) is 13.0 Å². The summed E-state index contributed by atoms with van der Waals surface area (Å²) in [4.78, 5) is 14.7. The molecule has 1 aromatic carbocycles. The highest BCUT2D eigenvalue weighted by Gasteiger charge is 2.16. The molecule has 0 radical (unpaired) electrons. The van der Waals surface area contributed by atoms with Crippen molar-refractivity contribution < 1.29 is 14.1 Å². The highest BCUT2D eigenvalue weighted by atomic mass is 16.5. The van der Waals surface area contributed by atoms with Crippen LogP contribution in [0.15, 0.2) is 41.1 Å². The van der Waals surface area contributed by atoms with Gasteiger partial charge in [0.25, 0.3) is 0 Å². The zero-order chi connectivity index (χ0) is 13.2. The molecule has 0 amide bonds. The number of benzene rings is 1. The maximum Gasteiger partial charge on any atom is 0.360 e. The van der Waals surface area contributed by atoms with Gasteiger partial charge in [-0.25, -0.2) is 4.79 Å². The molecule has 2 aromatic heterocycles. The van der Waals surface area contributed by atoms with E-state index in [2.05, 4.69) is 10.1 Å². The van der Waals surface area contributed by atoms with Crippen LogP contribution in [0.4, 0.5) is 0 Å². The van der Waals surface area contributed by atoms with Gasteiger partial charge in [-0.05, 0) is 13.0 Å². The summed E-state index contributed by atoms with van der Waals surface area (Å²) in [7, 11) is 0. The smallest absolute Gasteiger partial charge is 0.360 e. The number of hydrogen-bond acceptors (Lipinski definition) is 4. The average Bonchev–Trinajstić information content (AvgIpc) is 3.05. The van der Waals surface area contributed by atoms with Gasteiger partial charge in [-0.1, -0.05) is 23.4 Å². The molecule has 2 heterocycles. The molecule has 0 fully saturated rings. The van der Waals surface area contributed by atoms with Gasteiger partial charge in [0.2, 0.25) is 0 Å². The van der Waals surface area contributed by atoms with Crippen molar-refractivity contribution in [2.75, 3.05) is 6.61 Å². The zero-order valence-corrected chi connectivity index (χ0v) is 10.3. The second-order valence-electron chi connectivity index (χ2n) is 4.04. The molecule has 0 aliphatic rings. The summed E-state index contributed by atoms with van der Waals surface area (Å²) in [5.41, 5.74) is 2.06. The second-order valence-corrected chi connectivity index (χ2v) is 4.04. The Labute approximate surface area is 109 Å². The molecule has 19 heavy (non-hydrogen) atoms. The molecule has 0 aliphatic carbocycles. The van der Waals surface area contributed by atoms with Gasteiger partial charge in [0.15, 0.2) is 11.5 Å². The third kappa shape index (κ3) is 1.99. The van der Waals surface area contributed by atoms with Crippen molar-refractivity contribution in [1.29, 1.82) is 0 Å². The van der Waals surface area contributed by atoms with Crippen molar-refractivity contribution in [2.24, 2.45) is 0 Å². The average molecular weight is 256 g/mol. The summed E-state index contributed by atoms with van der Waals surface area (Å²) in [5.74, 6) is 0.0674. The van der Waals surface area contributed by atoms with E-state index in [0.717, 1.165) is 16.5 Å². The minimum atomic E-state index is -0.475. The van der Waals surface area contributed by atoms with Gasteiger partial charge in [-0.3, -0.25) is 0 Å². The van der Waals surface area contributed by atoms with E-state index in [4.69, 9.17) is 9.26 Å². The van der Waals surface area contributed by atoms with E-state index in [0.29, 0.717) is 12.4 Å². The first-order chi connectivity index (χ1) is 9.29. The van der Waals surface area contributed by atoms with Crippen LogP contribution in [0, 0.1) is 0 Å². The molecule has 0 atom stereocenters. The molecular weight excluding hydrogens is 244 g/mol. The third-order valence-electron chi connectivity index (χ3n) is 2.85. The second kappa shape index (κ2) is 4.61. The molecule has 0 spiro atoms. The predicted octanol–water partition coefficient (Wildman–Crippen LogP) is 3.00. The molecule has 5 heteroatoms. The summed E-state index contributed by atoms with van der Waals surface area (Å²) in [6, 6.07) is 9.44. The lowest BCUT2D eigenvalue weighted by atomic mass is 10.1. The zero-order valence-electron chi connectivity index (χ0n) is 10.3. The normalized spacial score (nSPS) is 10.8. The van der Waals surface area contributed by atoms with Gasteiger partial charge in [-0.2, -0.15) is 0 Å². The van der Waals surface area contributed by atoms with E-state index < -0.39 is 5.97 Å². The first-order valence-electron chi connectivity index (χ1n) is 6.00. The number of esters is 1. The van der Waals surface area contributed by atoms with Crippen LogP contribution in [0.3, 0.4) is 0 Å². The van der Waals surface area contributed by atoms with E-state index in [1.807, 2.05) is 30.5 Å². The summed E-state index contributed by atoms with van der Waals surface area (Å²) in [6.07, 6.45) is 1.83. The summed E-state index contributed by atoms with van der Waals surface area (Å²) >= 11 is 0. The standard InChI is InChI=1S/C14H12N2O3/c1-2-18-14(17)12-7-13(19-16-12)10-8-15-11-6-4-3-5-9(10)11/h3-8,15H,2H2,1H3. The van der Waals surface area contributed by atoms with Gasteiger partial charge >= 0.3 is 5.97 Å². The van der Waals surface area contributed by atoms with Crippen LogP contribution in [0.2, 0.25) is 0 Å².